The maximum atomic E-state index is 4.60. The summed E-state index contributed by atoms with van der Waals surface area (Å²) in [5, 5.41) is 3.31. The highest BCUT2D eigenvalue weighted by atomic mass is 79.9. The van der Waals surface area contributed by atoms with Gasteiger partial charge in [0.2, 0.25) is 0 Å². The summed E-state index contributed by atoms with van der Waals surface area (Å²) < 4.78 is 0.898. The predicted octanol–water partition coefficient (Wildman–Crippen LogP) is 4.34. The molecule has 0 aliphatic rings. The molecular formula is C15H18BrN3. The second-order valence-electron chi connectivity index (χ2n) is 4.64. The molecule has 0 saturated carbocycles. The van der Waals surface area contributed by atoms with E-state index in [1.807, 2.05) is 0 Å². The number of rotatable bonds is 4. The van der Waals surface area contributed by atoms with Crippen molar-refractivity contribution < 1.29 is 0 Å². The summed E-state index contributed by atoms with van der Waals surface area (Å²) in [6.07, 6.45) is 2.87. The monoisotopic (exact) mass is 319 g/mol. The Hall–Kier alpha value is -1.42. The highest BCUT2D eigenvalue weighted by Gasteiger charge is 2.08. The van der Waals surface area contributed by atoms with E-state index < -0.39 is 0 Å². The molecule has 0 aliphatic carbocycles. The smallest absolute Gasteiger partial charge is 0.161 e. The molecule has 0 unspecified atom stereocenters. The van der Waals surface area contributed by atoms with E-state index in [9.17, 15) is 0 Å². The minimum absolute atomic E-state index is 0.763. The van der Waals surface area contributed by atoms with Gasteiger partial charge in [0.15, 0.2) is 5.82 Å². The fraction of sp³-hybridized carbons (Fsp3) is 0.333. The van der Waals surface area contributed by atoms with Crippen molar-refractivity contribution in [1.82, 2.24) is 9.97 Å². The largest absolute Gasteiger partial charge is 0.369 e. The van der Waals surface area contributed by atoms with E-state index in [0.717, 1.165) is 34.6 Å². The first kappa shape index (κ1) is 14.0. The standard InChI is InChI=1S/C15H18BrN3/c1-4-7-17-15-13(16)9-18-14(19-15)12-6-5-10(2)8-11(12)3/h5-6,8-9H,4,7H2,1-3H3,(H,17,18,19). The summed E-state index contributed by atoms with van der Waals surface area (Å²) in [5.41, 5.74) is 3.53. The van der Waals surface area contributed by atoms with E-state index >= 15 is 0 Å². The molecule has 3 nitrogen and oxygen atoms in total. The Bertz CT molecular complexity index is 582. The zero-order valence-electron chi connectivity index (χ0n) is 11.5. The number of nitrogens with zero attached hydrogens (tertiary/aromatic N) is 2. The molecule has 1 aromatic heterocycles. The molecule has 0 fully saturated rings. The number of benzene rings is 1. The van der Waals surface area contributed by atoms with Crippen LogP contribution in [0.1, 0.15) is 24.5 Å². The van der Waals surface area contributed by atoms with Crippen molar-refractivity contribution in [3.05, 3.63) is 40.0 Å². The molecule has 1 aromatic carbocycles. The molecule has 19 heavy (non-hydrogen) atoms. The highest BCUT2D eigenvalue weighted by Crippen LogP contribution is 2.25. The third-order valence-electron chi connectivity index (χ3n) is 2.91. The van der Waals surface area contributed by atoms with Gasteiger partial charge in [-0.1, -0.05) is 30.7 Å². The molecule has 0 saturated heterocycles. The van der Waals surface area contributed by atoms with Crippen LogP contribution in [0.15, 0.2) is 28.9 Å². The molecule has 0 amide bonds. The maximum absolute atomic E-state index is 4.60. The van der Waals surface area contributed by atoms with Crippen molar-refractivity contribution >= 4 is 21.7 Å². The lowest BCUT2D eigenvalue weighted by Gasteiger charge is -2.10. The maximum Gasteiger partial charge on any atom is 0.161 e. The van der Waals surface area contributed by atoms with E-state index in [1.54, 1.807) is 6.20 Å². The number of aromatic nitrogens is 2. The zero-order valence-corrected chi connectivity index (χ0v) is 13.1. The van der Waals surface area contributed by atoms with Gasteiger partial charge in [-0.15, -0.1) is 0 Å². The molecule has 2 aromatic rings. The van der Waals surface area contributed by atoms with Crippen molar-refractivity contribution in [2.45, 2.75) is 27.2 Å². The van der Waals surface area contributed by atoms with Crippen LogP contribution in [-0.2, 0) is 0 Å². The van der Waals surface area contributed by atoms with Crippen molar-refractivity contribution in [1.29, 1.82) is 0 Å². The first-order valence-corrected chi connectivity index (χ1v) is 7.25. The van der Waals surface area contributed by atoms with Crippen molar-refractivity contribution in [3.8, 4) is 11.4 Å². The number of anilines is 1. The van der Waals surface area contributed by atoms with Crippen molar-refractivity contribution in [3.63, 3.8) is 0 Å². The summed E-state index contributed by atoms with van der Waals surface area (Å²) in [7, 11) is 0. The van der Waals surface area contributed by atoms with Gasteiger partial charge in [0.25, 0.3) is 0 Å². The molecule has 0 aliphatic heterocycles. The molecule has 0 spiro atoms. The van der Waals surface area contributed by atoms with Gasteiger partial charge in [0.05, 0.1) is 4.47 Å². The minimum Gasteiger partial charge on any atom is -0.369 e. The predicted molar refractivity (Wildman–Crippen MR) is 83.4 cm³/mol. The van der Waals surface area contributed by atoms with Gasteiger partial charge in [-0.3, -0.25) is 0 Å². The Morgan fingerprint density at radius 3 is 2.74 bits per heavy atom. The van der Waals surface area contributed by atoms with Crippen LogP contribution in [0.2, 0.25) is 0 Å². The summed E-state index contributed by atoms with van der Waals surface area (Å²) in [6.45, 7) is 7.22. The van der Waals surface area contributed by atoms with E-state index in [2.05, 4.69) is 70.2 Å². The number of hydrogen-bond acceptors (Lipinski definition) is 3. The number of nitrogens with one attached hydrogen (secondary N) is 1. The van der Waals surface area contributed by atoms with Gasteiger partial charge in [-0.2, -0.15) is 0 Å². The Balaban J connectivity index is 2.39. The molecular weight excluding hydrogens is 302 g/mol. The third-order valence-corrected chi connectivity index (χ3v) is 3.49. The third kappa shape index (κ3) is 3.32. The number of hydrogen-bond donors (Lipinski definition) is 1. The topological polar surface area (TPSA) is 37.8 Å². The summed E-state index contributed by atoms with van der Waals surface area (Å²) in [5.74, 6) is 1.62. The summed E-state index contributed by atoms with van der Waals surface area (Å²) in [4.78, 5) is 9.01. The van der Waals surface area contributed by atoms with E-state index in [4.69, 9.17) is 0 Å². The number of halogens is 1. The van der Waals surface area contributed by atoms with Crippen LogP contribution in [0.25, 0.3) is 11.4 Å². The van der Waals surface area contributed by atoms with Crippen LogP contribution in [0.5, 0.6) is 0 Å². The average Bonchev–Trinajstić information content (AvgIpc) is 2.38. The fourth-order valence-electron chi connectivity index (χ4n) is 1.93. The van der Waals surface area contributed by atoms with Gasteiger partial charge < -0.3 is 5.32 Å². The highest BCUT2D eigenvalue weighted by molar-refractivity contribution is 9.10. The molecule has 0 radical (unpaired) electrons. The van der Waals surface area contributed by atoms with E-state index in [-0.39, 0.29) is 0 Å². The Morgan fingerprint density at radius 2 is 2.05 bits per heavy atom. The molecule has 0 bridgehead atoms. The van der Waals surface area contributed by atoms with Crippen molar-refractivity contribution in [2.75, 3.05) is 11.9 Å². The van der Waals surface area contributed by atoms with Crippen LogP contribution >= 0.6 is 15.9 Å². The fourth-order valence-corrected chi connectivity index (χ4v) is 2.26. The lowest BCUT2D eigenvalue weighted by Crippen LogP contribution is -2.04. The van der Waals surface area contributed by atoms with Crippen LogP contribution in [0, 0.1) is 13.8 Å². The molecule has 1 heterocycles. The molecule has 1 N–H and O–H groups in total. The van der Waals surface area contributed by atoms with Crippen LogP contribution < -0.4 is 5.32 Å². The lowest BCUT2D eigenvalue weighted by molar-refractivity contribution is 0.963. The van der Waals surface area contributed by atoms with E-state index in [1.165, 1.54) is 11.1 Å². The second kappa shape index (κ2) is 6.15. The number of aryl methyl sites for hydroxylation is 2. The van der Waals surface area contributed by atoms with Gasteiger partial charge in [0.1, 0.15) is 5.82 Å². The Morgan fingerprint density at radius 1 is 1.26 bits per heavy atom. The first-order chi connectivity index (χ1) is 9.11. The Labute approximate surface area is 122 Å². The second-order valence-corrected chi connectivity index (χ2v) is 5.49. The van der Waals surface area contributed by atoms with Gasteiger partial charge in [-0.25, -0.2) is 9.97 Å². The quantitative estimate of drug-likeness (QED) is 0.910. The molecule has 100 valence electrons. The van der Waals surface area contributed by atoms with Gasteiger partial charge >= 0.3 is 0 Å². The van der Waals surface area contributed by atoms with Gasteiger partial charge in [-0.05, 0) is 41.8 Å². The van der Waals surface area contributed by atoms with Crippen LogP contribution in [-0.4, -0.2) is 16.5 Å². The average molecular weight is 320 g/mol. The zero-order chi connectivity index (χ0) is 13.8. The van der Waals surface area contributed by atoms with Crippen molar-refractivity contribution in [2.24, 2.45) is 0 Å². The normalized spacial score (nSPS) is 10.5. The van der Waals surface area contributed by atoms with Gasteiger partial charge in [0, 0.05) is 18.3 Å². The van der Waals surface area contributed by atoms with Crippen LogP contribution in [0.4, 0.5) is 5.82 Å². The molecule has 2 rings (SSSR count). The molecule has 0 atom stereocenters. The summed E-state index contributed by atoms with van der Waals surface area (Å²) in [6, 6.07) is 6.32. The lowest BCUT2D eigenvalue weighted by atomic mass is 10.1. The minimum atomic E-state index is 0.763. The van der Waals surface area contributed by atoms with Crippen LogP contribution in [0.3, 0.4) is 0 Å². The Kier molecular flexibility index (Phi) is 4.53. The summed E-state index contributed by atoms with van der Waals surface area (Å²) >= 11 is 3.48. The molecule has 4 heteroatoms. The first-order valence-electron chi connectivity index (χ1n) is 6.46. The van der Waals surface area contributed by atoms with E-state index in [0.29, 0.717) is 0 Å². The SMILES string of the molecule is CCCNc1nc(-c2ccc(C)cc2C)ncc1Br.